The second kappa shape index (κ2) is 4.72. The summed E-state index contributed by atoms with van der Waals surface area (Å²) in [5.74, 6) is 0.0777. The van der Waals surface area contributed by atoms with Gasteiger partial charge in [0.25, 0.3) is 0 Å². The van der Waals surface area contributed by atoms with Crippen LogP contribution in [0.5, 0.6) is 0 Å². The molecular formula is C16H19NO2. The fourth-order valence-corrected chi connectivity index (χ4v) is 3.46. The first-order chi connectivity index (χ1) is 9.19. The SMILES string of the molecule is CCC1Cc2c([nH]c3ccccc23)CC1CC(=O)O. The number of hydrogen-bond donors (Lipinski definition) is 2. The van der Waals surface area contributed by atoms with Crippen molar-refractivity contribution >= 4 is 16.9 Å². The van der Waals surface area contributed by atoms with E-state index in [1.165, 1.54) is 22.2 Å². The second-order valence-corrected chi connectivity index (χ2v) is 5.56. The Bertz CT molecular complexity index is 614. The largest absolute Gasteiger partial charge is 0.481 e. The van der Waals surface area contributed by atoms with Crippen LogP contribution in [0, 0.1) is 11.8 Å². The Hall–Kier alpha value is -1.77. The van der Waals surface area contributed by atoms with Crippen molar-refractivity contribution in [1.29, 1.82) is 0 Å². The number of aromatic nitrogens is 1. The number of aromatic amines is 1. The number of fused-ring (bicyclic) bond motifs is 3. The highest BCUT2D eigenvalue weighted by molar-refractivity contribution is 5.85. The smallest absolute Gasteiger partial charge is 0.303 e. The second-order valence-electron chi connectivity index (χ2n) is 5.56. The van der Waals surface area contributed by atoms with Crippen LogP contribution in [0.3, 0.4) is 0 Å². The lowest BCUT2D eigenvalue weighted by Gasteiger charge is -2.30. The Morgan fingerprint density at radius 2 is 2.11 bits per heavy atom. The number of carbonyl (C=O) groups is 1. The van der Waals surface area contributed by atoms with Gasteiger partial charge in [0.15, 0.2) is 0 Å². The maximum Gasteiger partial charge on any atom is 0.303 e. The molecule has 2 atom stereocenters. The molecule has 100 valence electrons. The molecule has 2 unspecified atom stereocenters. The highest BCUT2D eigenvalue weighted by Gasteiger charge is 2.31. The molecule has 1 aliphatic rings. The first-order valence-electron chi connectivity index (χ1n) is 6.99. The molecule has 1 aromatic carbocycles. The molecule has 19 heavy (non-hydrogen) atoms. The minimum absolute atomic E-state index is 0.267. The molecule has 0 saturated heterocycles. The highest BCUT2D eigenvalue weighted by Crippen LogP contribution is 2.37. The summed E-state index contributed by atoms with van der Waals surface area (Å²) in [6, 6.07) is 8.37. The van der Waals surface area contributed by atoms with Crippen molar-refractivity contribution < 1.29 is 9.90 Å². The van der Waals surface area contributed by atoms with Crippen LogP contribution in [-0.4, -0.2) is 16.1 Å². The molecule has 3 rings (SSSR count). The summed E-state index contributed by atoms with van der Waals surface area (Å²) in [7, 11) is 0. The monoisotopic (exact) mass is 257 g/mol. The zero-order valence-corrected chi connectivity index (χ0v) is 11.1. The average Bonchev–Trinajstić information content (AvgIpc) is 2.74. The summed E-state index contributed by atoms with van der Waals surface area (Å²) in [4.78, 5) is 14.5. The molecular weight excluding hydrogens is 238 g/mol. The summed E-state index contributed by atoms with van der Waals surface area (Å²) in [6.45, 7) is 2.17. The molecule has 3 heteroatoms. The van der Waals surface area contributed by atoms with Crippen LogP contribution < -0.4 is 0 Å². The van der Waals surface area contributed by atoms with Crippen LogP contribution >= 0.6 is 0 Å². The van der Waals surface area contributed by atoms with Gasteiger partial charge in [-0.15, -0.1) is 0 Å². The van der Waals surface area contributed by atoms with E-state index in [1.807, 2.05) is 6.07 Å². The minimum atomic E-state index is -0.678. The van der Waals surface area contributed by atoms with Gasteiger partial charge in [-0.1, -0.05) is 31.5 Å². The van der Waals surface area contributed by atoms with Gasteiger partial charge in [-0.3, -0.25) is 4.79 Å². The molecule has 0 aliphatic heterocycles. The third-order valence-electron chi connectivity index (χ3n) is 4.46. The number of nitrogens with one attached hydrogen (secondary N) is 1. The van der Waals surface area contributed by atoms with Gasteiger partial charge < -0.3 is 10.1 Å². The lowest BCUT2D eigenvalue weighted by Crippen LogP contribution is -2.26. The fraction of sp³-hybridized carbons (Fsp3) is 0.438. The number of aliphatic carboxylic acids is 1. The normalized spacial score (nSPS) is 22.4. The van der Waals surface area contributed by atoms with E-state index in [-0.39, 0.29) is 12.3 Å². The van der Waals surface area contributed by atoms with E-state index in [9.17, 15) is 4.79 Å². The average molecular weight is 257 g/mol. The lowest BCUT2D eigenvalue weighted by molar-refractivity contribution is -0.138. The Morgan fingerprint density at radius 3 is 2.84 bits per heavy atom. The molecule has 0 fully saturated rings. The number of rotatable bonds is 3. The number of carboxylic acid groups (broad SMARTS) is 1. The predicted octanol–water partition coefficient (Wildman–Crippen LogP) is 3.38. The van der Waals surface area contributed by atoms with Gasteiger partial charge >= 0.3 is 5.97 Å². The zero-order valence-electron chi connectivity index (χ0n) is 11.1. The maximum absolute atomic E-state index is 11.0. The summed E-state index contributed by atoms with van der Waals surface area (Å²) in [6.07, 6.45) is 3.22. The molecule has 1 heterocycles. The molecule has 1 aromatic heterocycles. The Labute approximate surface area is 112 Å². The molecule has 2 N–H and O–H groups in total. The van der Waals surface area contributed by atoms with Gasteiger partial charge in [0.05, 0.1) is 0 Å². The van der Waals surface area contributed by atoms with Gasteiger partial charge in [-0.05, 0) is 36.3 Å². The number of hydrogen-bond acceptors (Lipinski definition) is 1. The van der Waals surface area contributed by atoms with Crippen molar-refractivity contribution in [3.8, 4) is 0 Å². The highest BCUT2D eigenvalue weighted by atomic mass is 16.4. The number of H-pyrrole nitrogens is 1. The van der Waals surface area contributed by atoms with Crippen molar-refractivity contribution in [1.82, 2.24) is 4.98 Å². The van der Waals surface area contributed by atoms with E-state index >= 15 is 0 Å². The minimum Gasteiger partial charge on any atom is -0.481 e. The molecule has 1 aliphatic carbocycles. The van der Waals surface area contributed by atoms with E-state index < -0.39 is 5.97 Å². The van der Waals surface area contributed by atoms with Gasteiger partial charge in [-0.2, -0.15) is 0 Å². The Morgan fingerprint density at radius 1 is 1.32 bits per heavy atom. The van der Waals surface area contributed by atoms with E-state index in [4.69, 9.17) is 5.11 Å². The Balaban J connectivity index is 2.00. The van der Waals surface area contributed by atoms with E-state index in [0.717, 1.165) is 19.3 Å². The molecule has 0 saturated carbocycles. The van der Waals surface area contributed by atoms with Crippen LogP contribution in [0.15, 0.2) is 24.3 Å². The first-order valence-corrected chi connectivity index (χ1v) is 6.99. The van der Waals surface area contributed by atoms with Crippen molar-refractivity contribution in [2.24, 2.45) is 11.8 Å². The van der Waals surface area contributed by atoms with Gasteiger partial charge in [0.1, 0.15) is 0 Å². The molecule has 3 nitrogen and oxygen atoms in total. The summed E-state index contributed by atoms with van der Waals surface area (Å²) < 4.78 is 0. The van der Waals surface area contributed by atoms with Crippen molar-refractivity contribution in [2.45, 2.75) is 32.6 Å². The third kappa shape index (κ3) is 2.14. The first kappa shape index (κ1) is 12.3. The standard InChI is InChI=1S/C16H19NO2/c1-2-10-7-13-12-5-3-4-6-14(12)17-15(13)8-11(10)9-16(18)19/h3-6,10-11,17H,2,7-9H2,1H3,(H,18,19). The number of benzene rings is 1. The topological polar surface area (TPSA) is 53.1 Å². The van der Waals surface area contributed by atoms with E-state index in [2.05, 4.69) is 30.1 Å². The van der Waals surface area contributed by atoms with E-state index in [0.29, 0.717) is 5.92 Å². The molecule has 0 radical (unpaired) electrons. The van der Waals surface area contributed by atoms with Gasteiger partial charge in [0, 0.05) is 23.0 Å². The predicted molar refractivity (Wildman–Crippen MR) is 75.2 cm³/mol. The van der Waals surface area contributed by atoms with E-state index in [1.54, 1.807) is 0 Å². The quantitative estimate of drug-likeness (QED) is 0.885. The summed E-state index contributed by atoms with van der Waals surface area (Å²) in [5, 5.41) is 10.4. The molecule has 0 amide bonds. The number of carboxylic acids is 1. The van der Waals surface area contributed by atoms with Crippen LogP contribution in [0.4, 0.5) is 0 Å². The maximum atomic E-state index is 11.0. The van der Waals surface area contributed by atoms with Crippen molar-refractivity contribution in [2.75, 3.05) is 0 Å². The van der Waals surface area contributed by atoms with Crippen molar-refractivity contribution in [3.05, 3.63) is 35.5 Å². The molecule has 0 spiro atoms. The van der Waals surface area contributed by atoms with Gasteiger partial charge in [0.2, 0.25) is 0 Å². The Kier molecular flexibility index (Phi) is 3.05. The molecule has 2 aromatic rings. The lowest BCUT2D eigenvalue weighted by atomic mass is 9.75. The van der Waals surface area contributed by atoms with Crippen LogP contribution in [0.1, 0.15) is 31.0 Å². The molecule has 0 bridgehead atoms. The van der Waals surface area contributed by atoms with Gasteiger partial charge in [-0.25, -0.2) is 0 Å². The third-order valence-corrected chi connectivity index (χ3v) is 4.46. The summed E-state index contributed by atoms with van der Waals surface area (Å²) in [5.41, 5.74) is 3.83. The zero-order chi connectivity index (χ0) is 13.4. The van der Waals surface area contributed by atoms with Crippen molar-refractivity contribution in [3.63, 3.8) is 0 Å². The fourth-order valence-electron chi connectivity index (χ4n) is 3.46. The van der Waals surface area contributed by atoms with Crippen LogP contribution in [0.2, 0.25) is 0 Å². The van der Waals surface area contributed by atoms with Crippen LogP contribution in [0.25, 0.3) is 10.9 Å². The summed E-state index contributed by atoms with van der Waals surface area (Å²) >= 11 is 0. The number of para-hydroxylation sites is 1. The van der Waals surface area contributed by atoms with Crippen LogP contribution in [-0.2, 0) is 17.6 Å².